The molecule has 0 spiro atoms. The van der Waals surface area contributed by atoms with Crippen molar-refractivity contribution in [2.24, 2.45) is 0 Å². The van der Waals surface area contributed by atoms with Crippen LogP contribution in [0.3, 0.4) is 0 Å². The predicted octanol–water partition coefficient (Wildman–Crippen LogP) is 7.77. The molecule has 0 nitrogen and oxygen atoms in total. The topological polar surface area (TPSA) is 0 Å². The van der Waals surface area contributed by atoms with Gasteiger partial charge in [-0.25, -0.2) is 0 Å². The van der Waals surface area contributed by atoms with E-state index in [0.29, 0.717) is 0 Å². The van der Waals surface area contributed by atoms with E-state index < -0.39 is 23.2 Å². The van der Waals surface area contributed by atoms with Gasteiger partial charge in [0.1, 0.15) is 0 Å². The second kappa shape index (κ2) is 10.9. The average Bonchev–Trinajstić information content (AvgIpc) is 3.38. The Kier molecular flexibility index (Phi) is 8.90. The van der Waals surface area contributed by atoms with Crippen molar-refractivity contribution in [2.75, 3.05) is 0 Å². The summed E-state index contributed by atoms with van der Waals surface area (Å²) in [5, 5.41) is 0. The molecule has 146 valence electrons. The summed E-state index contributed by atoms with van der Waals surface area (Å²) in [5.41, 5.74) is 8.26. The van der Waals surface area contributed by atoms with Crippen LogP contribution in [0.5, 0.6) is 0 Å². The Morgan fingerprint density at radius 2 is 0.966 bits per heavy atom. The normalized spacial score (nSPS) is 17.7. The quantitative estimate of drug-likeness (QED) is 0.404. The van der Waals surface area contributed by atoms with Gasteiger partial charge in [0, 0.05) is 0 Å². The van der Waals surface area contributed by atoms with Crippen molar-refractivity contribution >= 4 is 36.0 Å². The van der Waals surface area contributed by atoms with Crippen molar-refractivity contribution in [1.29, 1.82) is 0 Å². The van der Waals surface area contributed by atoms with Crippen LogP contribution in [0.15, 0.2) is 115 Å². The fourth-order valence-electron chi connectivity index (χ4n) is 3.54. The Labute approximate surface area is 197 Å². The minimum Gasteiger partial charge on any atom is -0.147 e. The third kappa shape index (κ3) is 5.29. The van der Waals surface area contributed by atoms with Gasteiger partial charge >= 0.3 is 174 Å². The number of rotatable bonds is 4. The average molecular weight is 499 g/mol. The van der Waals surface area contributed by atoms with Gasteiger partial charge in [0.25, 0.3) is 0 Å². The van der Waals surface area contributed by atoms with E-state index in [9.17, 15) is 0 Å². The zero-order chi connectivity index (χ0) is 18.6. The fraction of sp³-hybridized carbons (Fsp3) is 0.0769. The molecule has 0 saturated heterocycles. The molecule has 0 unspecified atom stereocenters. The van der Waals surface area contributed by atoms with Crippen molar-refractivity contribution in [3.8, 4) is 0 Å². The Bertz CT molecular complexity index is 951. The van der Waals surface area contributed by atoms with Crippen molar-refractivity contribution in [2.45, 2.75) is 13.8 Å². The summed E-state index contributed by atoms with van der Waals surface area (Å²) < 4.78 is 3.13. The van der Waals surface area contributed by atoms with Crippen LogP contribution in [-0.4, -0.2) is 0 Å². The summed E-state index contributed by atoms with van der Waals surface area (Å²) in [4.78, 5) is 0. The van der Waals surface area contributed by atoms with Gasteiger partial charge in [0.2, 0.25) is 0 Å². The number of hydrogen-bond donors (Lipinski definition) is 0. The molecule has 29 heavy (non-hydrogen) atoms. The number of halogens is 2. The van der Waals surface area contributed by atoms with Gasteiger partial charge in [-0.1, -0.05) is 0 Å². The van der Waals surface area contributed by atoms with Gasteiger partial charge in [0.05, 0.1) is 0 Å². The van der Waals surface area contributed by atoms with E-state index in [2.05, 4.69) is 111 Å². The second-order valence-corrected chi connectivity index (χ2v) is 10.1. The first-order valence-electron chi connectivity index (χ1n) is 9.31. The van der Waals surface area contributed by atoms with E-state index in [0.717, 1.165) is 0 Å². The molecule has 0 aromatic heterocycles. The van der Waals surface area contributed by atoms with E-state index in [4.69, 9.17) is 0 Å². The van der Waals surface area contributed by atoms with Crippen LogP contribution in [0.1, 0.15) is 25.0 Å². The first kappa shape index (κ1) is 23.6. The van der Waals surface area contributed by atoms with E-state index >= 15 is 0 Å². The number of allylic oxidation sites excluding steroid dienone is 12. The molecule has 0 fully saturated rings. The van der Waals surface area contributed by atoms with Gasteiger partial charge in [-0.15, -0.1) is 24.8 Å². The minimum absolute atomic E-state index is 0. The third-order valence-corrected chi connectivity index (χ3v) is 8.59. The Hall–Kier alpha value is -1.66. The van der Waals surface area contributed by atoms with Gasteiger partial charge in [0.15, 0.2) is 0 Å². The van der Waals surface area contributed by atoms with E-state index in [1.54, 1.807) is 6.56 Å². The molecule has 0 saturated carbocycles. The van der Waals surface area contributed by atoms with Crippen molar-refractivity contribution < 1.29 is 23.2 Å². The third-order valence-electron chi connectivity index (χ3n) is 5.12. The van der Waals surface area contributed by atoms with E-state index in [1.165, 1.54) is 33.4 Å². The number of hydrogen-bond acceptors (Lipinski definition) is 0. The SMILES string of the molecule is CC(=C1C=CC=[C]1[Zr][C]1=CC=CC1=C(C)c1ccccc1)c1ccccc1.Cl.Cl. The summed E-state index contributed by atoms with van der Waals surface area (Å²) in [5.74, 6) is 0. The van der Waals surface area contributed by atoms with Gasteiger partial charge in [-0.3, -0.25) is 0 Å². The molecule has 0 aliphatic heterocycles. The van der Waals surface area contributed by atoms with E-state index in [1.807, 2.05) is 0 Å². The maximum atomic E-state index is 2.34. The standard InChI is InChI=1S/2C13H11.2ClH.Zr/c2*1-11(13-9-5-6-10-13)12-7-3-2-4-8-12;;;/h2*2-9H,1H3;2*1H;. The maximum Gasteiger partial charge on any atom is -0.147 e. The van der Waals surface area contributed by atoms with Gasteiger partial charge in [-0.05, 0) is 0 Å². The molecule has 0 atom stereocenters. The van der Waals surface area contributed by atoms with Crippen LogP contribution in [0, 0.1) is 0 Å². The monoisotopic (exact) mass is 496 g/mol. The van der Waals surface area contributed by atoms with Crippen molar-refractivity contribution in [3.05, 3.63) is 126 Å². The fourth-order valence-corrected chi connectivity index (χ4v) is 7.13. The molecule has 2 aromatic rings. The Morgan fingerprint density at radius 3 is 1.34 bits per heavy atom. The molecule has 4 rings (SSSR count). The molecular formula is C26H24Cl2Zr. The van der Waals surface area contributed by atoms with Crippen molar-refractivity contribution in [1.82, 2.24) is 0 Å². The van der Waals surface area contributed by atoms with E-state index in [-0.39, 0.29) is 24.8 Å². The van der Waals surface area contributed by atoms with Gasteiger partial charge in [-0.2, -0.15) is 0 Å². The van der Waals surface area contributed by atoms with Gasteiger partial charge < -0.3 is 0 Å². The minimum atomic E-state index is -0.881. The van der Waals surface area contributed by atoms with Crippen LogP contribution in [0.4, 0.5) is 0 Å². The predicted molar refractivity (Wildman–Crippen MR) is 127 cm³/mol. The van der Waals surface area contributed by atoms with Crippen LogP contribution < -0.4 is 0 Å². The molecule has 2 aromatic carbocycles. The zero-order valence-corrected chi connectivity index (χ0v) is 20.6. The molecule has 0 bridgehead atoms. The molecule has 3 heteroatoms. The molecule has 0 heterocycles. The Balaban J connectivity index is 0.00000150. The second-order valence-electron chi connectivity index (χ2n) is 6.81. The smallest absolute Gasteiger partial charge is 0.147 e. The molecular weight excluding hydrogens is 474 g/mol. The largest absolute Gasteiger partial charge is 0.147 e. The summed E-state index contributed by atoms with van der Waals surface area (Å²) in [7, 11) is 0. The summed E-state index contributed by atoms with van der Waals surface area (Å²) in [6.45, 7) is 4.50. The van der Waals surface area contributed by atoms with Crippen molar-refractivity contribution in [3.63, 3.8) is 0 Å². The summed E-state index contributed by atoms with van der Waals surface area (Å²) >= 11 is -0.881. The first-order valence-corrected chi connectivity index (χ1v) is 11.8. The molecule has 2 aliphatic carbocycles. The maximum absolute atomic E-state index is 2.34. The molecule has 0 radical (unpaired) electrons. The van der Waals surface area contributed by atoms with Crippen LogP contribution >= 0.6 is 24.8 Å². The van der Waals surface area contributed by atoms with Crippen LogP contribution in [0.2, 0.25) is 0 Å². The summed E-state index contributed by atoms with van der Waals surface area (Å²) in [6.07, 6.45) is 13.7. The van der Waals surface area contributed by atoms with Crippen LogP contribution in [0.25, 0.3) is 11.1 Å². The number of benzene rings is 2. The molecule has 0 amide bonds. The molecule has 0 N–H and O–H groups in total. The zero-order valence-electron chi connectivity index (χ0n) is 16.6. The molecule has 2 aliphatic rings. The Morgan fingerprint density at radius 1 is 0.586 bits per heavy atom. The van der Waals surface area contributed by atoms with Crippen LogP contribution in [-0.2, 0) is 23.2 Å². The summed E-state index contributed by atoms with van der Waals surface area (Å²) in [6, 6.07) is 21.5. The first-order chi connectivity index (χ1) is 13.2.